The number of carbonyl (C=O) groups is 3. The molecule has 0 spiro atoms. The third kappa shape index (κ3) is 64.0. The summed E-state index contributed by atoms with van der Waals surface area (Å²) >= 11 is 0. The minimum absolute atomic E-state index is 0.118. The van der Waals surface area contributed by atoms with Crippen molar-refractivity contribution in [2.45, 2.75) is 284 Å². The highest BCUT2D eigenvalue weighted by Crippen LogP contribution is 2.15. The number of hydrogen-bond acceptors (Lipinski definition) is 6. The highest BCUT2D eigenvalue weighted by Gasteiger charge is 2.19. The van der Waals surface area contributed by atoms with Crippen LogP contribution in [0.15, 0.2) is 146 Å². The first-order valence-corrected chi connectivity index (χ1v) is 32.3. The van der Waals surface area contributed by atoms with Crippen molar-refractivity contribution < 1.29 is 28.6 Å². The molecule has 0 fully saturated rings. The van der Waals surface area contributed by atoms with E-state index in [0.29, 0.717) is 12.8 Å². The Bertz CT molecular complexity index is 1730. The lowest BCUT2D eigenvalue weighted by Gasteiger charge is -2.18. The number of ether oxygens (including phenoxy) is 3. The Morgan fingerprint density at radius 3 is 0.886 bits per heavy atom. The van der Waals surface area contributed by atoms with Gasteiger partial charge in [0, 0.05) is 12.8 Å². The molecule has 446 valence electrons. The van der Waals surface area contributed by atoms with Crippen LogP contribution in [-0.4, -0.2) is 37.2 Å². The van der Waals surface area contributed by atoms with Crippen LogP contribution in [0.2, 0.25) is 0 Å². The summed E-state index contributed by atoms with van der Waals surface area (Å²) in [5.41, 5.74) is 0. The Balaban J connectivity index is 4.46. The summed E-state index contributed by atoms with van der Waals surface area (Å²) < 4.78 is 16.8. The van der Waals surface area contributed by atoms with Gasteiger partial charge in [0.15, 0.2) is 6.10 Å². The number of esters is 3. The predicted molar refractivity (Wildman–Crippen MR) is 343 cm³/mol. The highest BCUT2D eigenvalue weighted by molar-refractivity contribution is 5.72. The van der Waals surface area contributed by atoms with Gasteiger partial charge in [-0.25, -0.2) is 0 Å². The van der Waals surface area contributed by atoms with E-state index in [1.54, 1.807) is 6.08 Å². The molecular weight excluding hydrogens is 973 g/mol. The van der Waals surface area contributed by atoms with Gasteiger partial charge in [-0.05, 0) is 122 Å². The molecule has 0 aromatic rings. The van der Waals surface area contributed by atoms with Crippen LogP contribution in [0.5, 0.6) is 0 Å². The summed E-state index contributed by atoms with van der Waals surface area (Å²) in [5, 5.41) is 0. The monoisotopic (exact) mass is 1090 g/mol. The van der Waals surface area contributed by atoms with Gasteiger partial charge in [-0.3, -0.25) is 14.4 Å². The van der Waals surface area contributed by atoms with Gasteiger partial charge in [0.25, 0.3) is 0 Å². The molecule has 0 aromatic carbocycles. The van der Waals surface area contributed by atoms with Crippen molar-refractivity contribution in [3.8, 4) is 0 Å². The van der Waals surface area contributed by atoms with Crippen molar-refractivity contribution in [1.29, 1.82) is 0 Å². The van der Waals surface area contributed by atoms with Gasteiger partial charge in [0.1, 0.15) is 13.2 Å². The molecule has 79 heavy (non-hydrogen) atoms. The minimum Gasteiger partial charge on any atom is -0.462 e. The number of rotatable bonds is 57. The Morgan fingerprint density at radius 2 is 0.544 bits per heavy atom. The fourth-order valence-electron chi connectivity index (χ4n) is 8.57. The van der Waals surface area contributed by atoms with Crippen LogP contribution in [0.1, 0.15) is 278 Å². The van der Waals surface area contributed by atoms with E-state index in [1.165, 1.54) is 122 Å². The third-order valence-electron chi connectivity index (χ3n) is 13.3. The molecule has 0 saturated carbocycles. The van der Waals surface area contributed by atoms with Crippen molar-refractivity contribution in [3.63, 3.8) is 0 Å². The molecule has 0 aliphatic carbocycles. The maximum Gasteiger partial charge on any atom is 0.309 e. The van der Waals surface area contributed by atoms with Crippen LogP contribution in [0.4, 0.5) is 0 Å². The van der Waals surface area contributed by atoms with Crippen LogP contribution < -0.4 is 0 Å². The number of carbonyl (C=O) groups excluding carboxylic acids is 3. The SMILES string of the molecule is CC/C=C\C/C=C\C/C=C\C/C=C\C/C=C\CCCCCCCCCCCC(=O)OCC(COC(=O)C/C=C\C/C=C\C/C=C\C/C=C\C/C=C\CC)OC(=O)CCCCCCCCCCC/C=C\C/C=C\CCCCCCC. The van der Waals surface area contributed by atoms with E-state index in [0.717, 1.165) is 116 Å². The second kappa shape index (κ2) is 65.8. The van der Waals surface area contributed by atoms with E-state index in [-0.39, 0.29) is 31.6 Å². The zero-order chi connectivity index (χ0) is 57.1. The number of allylic oxidation sites excluding steroid dienone is 23. The molecule has 6 nitrogen and oxygen atoms in total. The molecule has 0 bridgehead atoms. The fraction of sp³-hybridized carbons (Fsp3) is 0.630. The Morgan fingerprint density at radius 1 is 0.278 bits per heavy atom. The van der Waals surface area contributed by atoms with Crippen molar-refractivity contribution in [3.05, 3.63) is 146 Å². The average Bonchev–Trinajstić information content (AvgIpc) is 3.45. The lowest BCUT2D eigenvalue weighted by Crippen LogP contribution is -2.30. The molecule has 0 saturated heterocycles. The first kappa shape index (κ1) is 74.3. The molecule has 1 atom stereocenters. The molecular formula is C73H118O6. The molecule has 0 heterocycles. The van der Waals surface area contributed by atoms with Gasteiger partial charge in [0.05, 0.1) is 6.42 Å². The van der Waals surface area contributed by atoms with Gasteiger partial charge < -0.3 is 14.2 Å². The Labute approximate surface area is 487 Å². The minimum atomic E-state index is -0.830. The molecule has 0 N–H and O–H groups in total. The van der Waals surface area contributed by atoms with E-state index in [4.69, 9.17) is 14.2 Å². The van der Waals surface area contributed by atoms with Crippen LogP contribution in [-0.2, 0) is 28.6 Å². The molecule has 0 radical (unpaired) electrons. The summed E-state index contributed by atoms with van der Waals surface area (Å²) in [5.74, 6) is -1.06. The van der Waals surface area contributed by atoms with E-state index >= 15 is 0 Å². The molecule has 6 heteroatoms. The molecule has 0 aliphatic rings. The summed E-state index contributed by atoms with van der Waals surface area (Å²) in [6.45, 7) is 6.31. The molecule has 0 aliphatic heterocycles. The standard InChI is InChI=1S/C73H118O6/c1-4-7-10-13-16-19-22-25-28-30-32-34-35-36-37-39-40-42-45-48-51-54-57-60-63-66-72(75)78-69-70(68-77-71(74)65-62-59-56-53-50-47-44-27-24-21-18-15-12-9-6-3)79-73(76)67-64-61-58-55-52-49-46-43-41-38-33-31-29-26-23-20-17-14-11-8-5-2/h7,9-10,12,16,18-19,21,23,25-28,31-34,36-37,44,50,53,59,62,70H,4-6,8,11,13-15,17,20,22,24,29-30,35,38-43,45-49,51-52,54-58,60-61,63-69H2,1-3H3/b10-7-,12-9-,19-16-,21-18-,26-23-,28-25-,33-31-,34-32-,37-36-,44-27-,53-50-,62-59-. The van der Waals surface area contributed by atoms with E-state index in [1.807, 2.05) is 6.08 Å². The molecule has 0 rings (SSSR count). The van der Waals surface area contributed by atoms with E-state index in [9.17, 15) is 14.4 Å². The van der Waals surface area contributed by atoms with Gasteiger partial charge in [-0.1, -0.05) is 282 Å². The van der Waals surface area contributed by atoms with Crippen LogP contribution in [0, 0.1) is 0 Å². The Kier molecular flexibility index (Phi) is 61.9. The van der Waals surface area contributed by atoms with Crippen molar-refractivity contribution in [2.75, 3.05) is 13.2 Å². The molecule has 0 amide bonds. The fourth-order valence-corrected chi connectivity index (χ4v) is 8.57. The third-order valence-corrected chi connectivity index (χ3v) is 13.3. The largest absolute Gasteiger partial charge is 0.462 e. The number of hydrogen-bond donors (Lipinski definition) is 0. The quantitative estimate of drug-likeness (QED) is 0.0261. The smallest absolute Gasteiger partial charge is 0.309 e. The summed E-state index contributed by atoms with van der Waals surface area (Å²) in [6.07, 6.45) is 94.5. The molecule has 1 unspecified atom stereocenters. The Hall–Kier alpha value is -4.71. The van der Waals surface area contributed by atoms with Crippen molar-refractivity contribution in [1.82, 2.24) is 0 Å². The number of unbranched alkanes of at least 4 members (excludes halogenated alkanes) is 23. The summed E-state index contributed by atoms with van der Waals surface area (Å²) in [4.78, 5) is 38.3. The van der Waals surface area contributed by atoms with Crippen LogP contribution in [0.3, 0.4) is 0 Å². The second-order valence-electron chi connectivity index (χ2n) is 20.9. The average molecular weight is 1090 g/mol. The van der Waals surface area contributed by atoms with Crippen LogP contribution in [0.25, 0.3) is 0 Å². The van der Waals surface area contributed by atoms with Gasteiger partial charge >= 0.3 is 17.9 Å². The topological polar surface area (TPSA) is 78.9 Å². The lowest BCUT2D eigenvalue weighted by molar-refractivity contribution is -0.166. The second-order valence-corrected chi connectivity index (χ2v) is 20.9. The first-order chi connectivity index (χ1) is 39.0. The summed E-state index contributed by atoms with van der Waals surface area (Å²) in [7, 11) is 0. The highest BCUT2D eigenvalue weighted by atomic mass is 16.6. The van der Waals surface area contributed by atoms with Gasteiger partial charge in [0.2, 0.25) is 0 Å². The van der Waals surface area contributed by atoms with E-state index in [2.05, 4.69) is 154 Å². The van der Waals surface area contributed by atoms with Gasteiger partial charge in [-0.15, -0.1) is 0 Å². The van der Waals surface area contributed by atoms with Crippen LogP contribution >= 0.6 is 0 Å². The molecule has 0 aromatic heterocycles. The zero-order valence-electron chi connectivity index (χ0n) is 51.1. The first-order valence-electron chi connectivity index (χ1n) is 32.3. The van der Waals surface area contributed by atoms with Crippen molar-refractivity contribution >= 4 is 17.9 Å². The van der Waals surface area contributed by atoms with Gasteiger partial charge in [-0.2, -0.15) is 0 Å². The predicted octanol–water partition coefficient (Wildman–Crippen LogP) is 22.3. The maximum absolute atomic E-state index is 12.9. The van der Waals surface area contributed by atoms with Crippen molar-refractivity contribution in [2.24, 2.45) is 0 Å². The summed E-state index contributed by atoms with van der Waals surface area (Å²) in [6, 6.07) is 0. The lowest BCUT2D eigenvalue weighted by atomic mass is 10.1. The normalized spacial score (nSPS) is 13.1. The zero-order valence-corrected chi connectivity index (χ0v) is 51.1. The van der Waals surface area contributed by atoms with E-state index < -0.39 is 12.1 Å². The maximum atomic E-state index is 12.9.